The van der Waals surface area contributed by atoms with Gasteiger partial charge in [0, 0.05) is 18.8 Å². The van der Waals surface area contributed by atoms with Gasteiger partial charge < -0.3 is 9.64 Å². The van der Waals surface area contributed by atoms with E-state index >= 15 is 0 Å². The molecule has 2 heterocycles. The lowest BCUT2D eigenvalue weighted by Gasteiger charge is -2.31. The first kappa shape index (κ1) is 24.8. The van der Waals surface area contributed by atoms with E-state index in [2.05, 4.69) is 20.4 Å². The molecule has 0 radical (unpaired) electrons. The predicted molar refractivity (Wildman–Crippen MR) is 116 cm³/mol. The Hall–Kier alpha value is -2.81. The normalized spacial score (nSPS) is 14.6. The summed E-state index contributed by atoms with van der Waals surface area (Å²) >= 11 is 0.774. The number of halogens is 3. The number of hydrogen-bond donors (Lipinski definition) is 1. The van der Waals surface area contributed by atoms with Gasteiger partial charge >= 0.3 is 21.5 Å². The van der Waals surface area contributed by atoms with Crippen molar-refractivity contribution in [2.24, 2.45) is 10.2 Å². The smallest absolute Gasteiger partial charge is 0.458 e. The molecule has 0 saturated carbocycles. The van der Waals surface area contributed by atoms with Gasteiger partial charge in [-0.15, -0.1) is 20.4 Å². The molecule has 1 aromatic heterocycles. The Balaban J connectivity index is 1.98. The molecule has 0 aliphatic carbocycles. The lowest BCUT2D eigenvalue weighted by Crippen LogP contribution is -2.31. The zero-order valence-corrected chi connectivity index (χ0v) is 19.5. The van der Waals surface area contributed by atoms with Crippen molar-refractivity contribution in [3.05, 3.63) is 22.7 Å². The molecule has 10 nitrogen and oxygen atoms in total. The van der Waals surface area contributed by atoms with Crippen LogP contribution in [0.2, 0.25) is 0 Å². The van der Waals surface area contributed by atoms with Crippen LogP contribution in [0.25, 0.3) is 0 Å². The number of rotatable bonds is 7. The largest absolute Gasteiger partial charge is 0.516 e. The monoisotopic (exact) mass is 506 g/mol. The number of alkyl halides is 3. The van der Waals surface area contributed by atoms with Crippen LogP contribution < -0.4 is 9.62 Å². The number of benzene rings is 1. The van der Waals surface area contributed by atoms with Crippen molar-refractivity contribution in [2.45, 2.75) is 45.2 Å². The molecule has 0 unspecified atom stereocenters. The number of fused-ring (bicyclic) bond motifs is 1. The third-order valence-electron chi connectivity index (χ3n) is 4.52. The molecule has 2 aromatic rings. The SMILES string of the molecule is CCN1CCCc2cc(/N=N/c3nnc(C(=O)OC(C)C)s3)c(NS(=O)(=O)C(F)(F)F)cc21. The van der Waals surface area contributed by atoms with Crippen LogP contribution in [0.1, 0.15) is 42.6 Å². The third-order valence-corrected chi connectivity index (χ3v) is 6.40. The van der Waals surface area contributed by atoms with E-state index in [1.54, 1.807) is 18.6 Å². The van der Waals surface area contributed by atoms with Crippen LogP contribution in [-0.2, 0) is 21.2 Å². The topological polar surface area (TPSA) is 126 Å². The number of azo groups is 1. The number of aromatic nitrogens is 2. The summed E-state index contributed by atoms with van der Waals surface area (Å²) in [7, 11) is -5.68. The van der Waals surface area contributed by atoms with Crippen LogP contribution in [-0.4, -0.2) is 49.3 Å². The number of sulfonamides is 1. The van der Waals surface area contributed by atoms with Crippen LogP contribution in [0.5, 0.6) is 0 Å². The summed E-state index contributed by atoms with van der Waals surface area (Å²) in [6.45, 7) is 6.51. The quantitative estimate of drug-likeness (QED) is 0.431. The van der Waals surface area contributed by atoms with Crippen molar-refractivity contribution in [1.29, 1.82) is 0 Å². The van der Waals surface area contributed by atoms with Crippen molar-refractivity contribution in [1.82, 2.24) is 10.2 Å². The van der Waals surface area contributed by atoms with E-state index in [0.717, 1.165) is 23.3 Å². The second-order valence-corrected chi connectivity index (χ2v) is 9.91. The van der Waals surface area contributed by atoms with Gasteiger partial charge in [-0.05, 0) is 51.3 Å². The summed E-state index contributed by atoms with van der Waals surface area (Å²) in [5.74, 6) is -0.698. The molecule has 1 aromatic carbocycles. The molecule has 0 fully saturated rings. The third kappa shape index (κ3) is 5.76. The van der Waals surface area contributed by atoms with Gasteiger partial charge in [-0.25, -0.2) is 4.79 Å². The lowest BCUT2D eigenvalue weighted by atomic mass is 10.0. The molecule has 0 atom stereocenters. The first-order chi connectivity index (χ1) is 15.4. The summed E-state index contributed by atoms with van der Waals surface area (Å²) in [6, 6.07) is 2.81. The van der Waals surface area contributed by atoms with Gasteiger partial charge in [0.1, 0.15) is 5.69 Å². The Morgan fingerprint density at radius 1 is 1.30 bits per heavy atom. The molecule has 0 amide bonds. The molecule has 15 heteroatoms. The molecular weight excluding hydrogens is 485 g/mol. The maximum Gasteiger partial charge on any atom is 0.516 e. The second kappa shape index (κ2) is 9.59. The Labute approximate surface area is 191 Å². The van der Waals surface area contributed by atoms with Crippen LogP contribution in [0.15, 0.2) is 22.4 Å². The van der Waals surface area contributed by atoms with E-state index in [1.807, 2.05) is 11.8 Å². The van der Waals surface area contributed by atoms with E-state index in [-0.39, 0.29) is 27.6 Å². The number of ether oxygens (including phenoxy) is 1. The Kier molecular flexibility index (Phi) is 7.21. The van der Waals surface area contributed by atoms with Gasteiger partial charge in [0.25, 0.3) is 5.13 Å². The summed E-state index contributed by atoms with van der Waals surface area (Å²) in [6.07, 6.45) is 1.10. The zero-order chi connectivity index (χ0) is 24.4. The van der Waals surface area contributed by atoms with Gasteiger partial charge in [0.15, 0.2) is 0 Å². The molecule has 3 rings (SSSR count). The summed E-state index contributed by atoms with van der Waals surface area (Å²) < 4.78 is 69.0. The fraction of sp³-hybridized carbons (Fsp3) is 0.500. The number of anilines is 2. The van der Waals surface area contributed by atoms with Gasteiger partial charge in [-0.1, -0.05) is 11.3 Å². The van der Waals surface area contributed by atoms with Crippen molar-refractivity contribution in [2.75, 3.05) is 22.7 Å². The summed E-state index contributed by atoms with van der Waals surface area (Å²) in [5.41, 5.74) is -4.59. The molecule has 180 valence electrons. The molecule has 0 saturated heterocycles. The lowest BCUT2D eigenvalue weighted by molar-refractivity contribution is -0.0429. The molecule has 33 heavy (non-hydrogen) atoms. The average molecular weight is 507 g/mol. The Morgan fingerprint density at radius 2 is 2.03 bits per heavy atom. The Morgan fingerprint density at radius 3 is 2.67 bits per heavy atom. The van der Waals surface area contributed by atoms with Gasteiger partial charge in [0.05, 0.1) is 11.8 Å². The number of nitrogens with one attached hydrogen (secondary N) is 1. The maximum atomic E-state index is 13.0. The van der Waals surface area contributed by atoms with Crippen LogP contribution in [0.4, 0.5) is 35.4 Å². The standard InChI is InChI=1S/C18H21F3N6O4S2/c1-4-27-7-5-6-11-8-12(13(9-14(11)27)26-33(29,30)18(19,20)21)22-24-17-25-23-15(32-17)16(28)31-10(2)3/h8-10,26H,4-7H2,1-3H3/b24-22+. The maximum absolute atomic E-state index is 13.0. The average Bonchev–Trinajstić information content (AvgIpc) is 3.19. The number of esters is 1. The highest BCUT2D eigenvalue weighted by atomic mass is 32.2. The molecule has 1 N–H and O–H groups in total. The Bertz CT molecular complexity index is 1160. The zero-order valence-electron chi connectivity index (χ0n) is 17.9. The van der Waals surface area contributed by atoms with E-state index in [4.69, 9.17) is 4.74 Å². The minimum atomic E-state index is -5.68. The van der Waals surface area contributed by atoms with Crippen molar-refractivity contribution < 1.29 is 31.1 Å². The number of aryl methyl sites for hydroxylation is 1. The molecular formula is C18H21F3N6O4S2. The fourth-order valence-corrected chi connectivity index (χ4v) is 4.21. The minimum absolute atomic E-state index is 0.0526. The highest BCUT2D eigenvalue weighted by molar-refractivity contribution is 7.93. The van der Waals surface area contributed by atoms with Crippen molar-refractivity contribution >= 4 is 49.5 Å². The highest BCUT2D eigenvalue weighted by Crippen LogP contribution is 2.39. The first-order valence-corrected chi connectivity index (χ1v) is 12.2. The fourth-order valence-electron chi connectivity index (χ4n) is 3.09. The van der Waals surface area contributed by atoms with Crippen molar-refractivity contribution in [3.8, 4) is 0 Å². The van der Waals surface area contributed by atoms with E-state index in [0.29, 0.717) is 25.2 Å². The molecule has 0 bridgehead atoms. The molecule has 1 aliphatic heterocycles. The van der Waals surface area contributed by atoms with Crippen molar-refractivity contribution in [3.63, 3.8) is 0 Å². The van der Waals surface area contributed by atoms with Gasteiger partial charge in [-0.2, -0.15) is 21.6 Å². The number of nitrogens with zero attached hydrogens (tertiary/aromatic N) is 5. The number of carbonyl (C=O) groups is 1. The summed E-state index contributed by atoms with van der Waals surface area (Å²) in [5, 5.41) is 15.0. The van der Waals surface area contributed by atoms with Crippen LogP contribution >= 0.6 is 11.3 Å². The van der Waals surface area contributed by atoms with Crippen LogP contribution in [0, 0.1) is 0 Å². The molecule has 1 aliphatic rings. The second-order valence-electron chi connectivity index (χ2n) is 7.28. The van der Waals surface area contributed by atoms with Gasteiger partial charge in [0.2, 0.25) is 5.01 Å². The van der Waals surface area contributed by atoms with Crippen LogP contribution in [0.3, 0.4) is 0 Å². The number of carbonyl (C=O) groups excluding carboxylic acids is 1. The highest BCUT2D eigenvalue weighted by Gasteiger charge is 2.46. The van der Waals surface area contributed by atoms with E-state index in [1.165, 1.54) is 12.1 Å². The minimum Gasteiger partial charge on any atom is -0.458 e. The van der Waals surface area contributed by atoms with E-state index < -0.39 is 21.5 Å². The van der Waals surface area contributed by atoms with Gasteiger partial charge in [-0.3, -0.25) is 4.72 Å². The molecule has 0 spiro atoms. The van der Waals surface area contributed by atoms with E-state index in [9.17, 15) is 26.4 Å². The first-order valence-electron chi connectivity index (χ1n) is 9.88. The number of hydrogen-bond acceptors (Lipinski definition) is 10. The summed E-state index contributed by atoms with van der Waals surface area (Å²) in [4.78, 5) is 13.8. The predicted octanol–water partition coefficient (Wildman–Crippen LogP) is 4.55.